The second-order valence-electron chi connectivity index (χ2n) is 11.6. The highest BCUT2D eigenvalue weighted by atomic mass is 35.5. The fraction of sp³-hybridized carbons (Fsp3) is 0.571. The molecular weight excluding hydrogens is 617 g/mol. The van der Waals surface area contributed by atoms with E-state index in [9.17, 15) is 9.36 Å². The maximum absolute atomic E-state index is 13.5. The van der Waals surface area contributed by atoms with Gasteiger partial charge in [0.05, 0.1) is 32.3 Å². The van der Waals surface area contributed by atoms with Crippen LogP contribution >= 0.6 is 19.4 Å². The summed E-state index contributed by atoms with van der Waals surface area (Å²) in [5.41, 5.74) is 6.24. The van der Waals surface area contributed by atoms with Crippen LogP contribution in [0.1, 0.15) is 63.3 Å². The standard InChI is InChI=1S/C28H33ClN5O9P/c1-28-22(41-27(35)42-28)20(14-39-44(36)38-11-10-19(43-44)17-8-5-9-18(29)12-17)40-25(28)34-15-31-21-23(34)32-26(30)33-24(21)37-13-16-6-3-2-4-7-16/h5,8-9,12,15-16,19-20,22,25H,2-4,6-7,10-11,13-14H2,1H3,(H2,30,32,33)/t19-,20+,22+,25+,28+,44+/m0/s1. The van der Waals surface area contributed by atoms with Crippen LogP contribution in [0, 0.1) is 5.92 Å². The van der Waals surface area contributed by atoms with Gasteiger partial charge in [0.1, 0.15) is 6.10 Å². The van der Waals surface area contributed by atoms with Crippen LogP contribution in [0.2, 0.25) is 5.02 Å². The number of hydrogen-bond donors (Lipinski definition) is 1. The molecule has 4 fully saturated rings. The van der Waals surface area contributed by atoms with Gasteiger partial charge in [0, 0.05) is 11.4 Å². The van der Waals surface area contributed by atoms with Gasteiger partial charge in [0.25, 0.3) is 0 Å². The number of fused-ring (bicyclic) bond motifs is 2. The van der Waals surface area contributed by atoms with Crippen LogP contribution in [0.3, 0.4) is 0 Å². The fourth-order valence-corrected chi connectivity index (χ4v) is 7.96. The zero-order chi connectivity index (χ0) is 30.5. The lowest BCUT2D eigenvalue weighted by atomic mass is 9.90. The average Bonchev–Trinajstić information content (AvgIpc) is 3.64. The second-order valence-corrected chi connectivity index (χ2v) is 13.7. The van der Waals surface area contributed by atoms with Crippen molar-refractivity contribution in [2.24, 2.45) is 5.92 Å². The molecule has 5 heterocycles. The van der Waals surface area contributed by atoms with E-state index in [1.54, 1.807) is 29.7 Å². The molecule has 3 saturated heterocycles. The molecule has 14 nitrogen and oxygen atoms in total. The molecule has 3 aromatic rings. The molecule has 16 heteroatoms. The molecule has 0 amide bonds. The van der Waals surface area contributed by atoms with Crippen molar-refractivity contribution < 1.29 is 41.9 Å². The van der Waals surface area contributed by atoms with Gasteiger partial charge in [-0.05, 0) is 43.4 Å². The van der Waals surface area contributed by atoms with Gasteiger partial charge in [0.2, 0.25) is 11.8 Å². The minimum Gasteiger partial charge on any atom is -0.476 e. The highest BCUT2D eigenvalue weighted by molar-refractivity contribution is 7.48. The number of halogens is 1. The molecule has 1 aromatic carbocycles. The summed E-state index contributed by atoms with van der Waals surface area (Å²) >= 11 is 6.13. The molecule has 236 valence electrons. The largest absolute Gasteiger partial charge is 0.509 e. The predicted molar refractivity (Wildman–Crippen MR) is 155 cm³/mol. The van der Waals surface area contributed by atoms with E-state index in [2.05, 4.69) is 15.0 Å². The van der Waals surface area contributed by atoms with Crippen LogP contribution in [0.25, 0.3) is 11.2 Å². The van der Waals surface area contributed by atoms with Gasteiger partial charge in [0.15, 0.2) is 29.1 Å². The Morgan fingerprint density at radius 1 is 1.18 bits per heavy atom. The number of anilines is 1. The van der Waals surface area contributed by atoms with Crippen molar-refractivity contribution in [1.82, 2.24) is 19.5 Å². The molecule has 6 atom stereocenters. The lowest BCUT2D eigenvalue weighted by molar-refractivity contribution is -0.0925. The van der Waals surface area contributed by atoms with Crippen LogP contribution in [0.5, 0.6) is 5.88 Å². The Kier molecular flexibility index (Phi) is 7.92. The van der Waals surface area contributed by atoms with Crippen LogP contribution in [0.15, 0.2) is 30.6 Å². The van der Waals surface area contributed by atoms with E-state index in [0.29, 0.717) is 35.1 Å². The number of rotatable bonds is 8. The highest BCUT2D eigenvalue weighted by Crippen LogP contribution is 2.58. The van der Waals surface area contributed by atoms with Gasteiger partial charge in [-0.25, -0.2) is 14.3 Å². The second kappa shape index (κ2) is 11.7. The average molecular weight is 650 g/mol. The number of aromatic nitrogens is 4. The summed E-state index contributed by atoms with van der Waals surface area (Å²) in [4.78, 5) is 25.6. The number of nitrogens with two attached hydrogens (primary N) is 1. The third kappa shape index (κ3) is 5.63. The van der Waals surface area contributed by atoms with Crippen molar-refractivity contribution in [3.63, 3.8) is 0 Å². The molecule has 4 aliphatic rings. The van der Waals surface area contributed by atoms with E-state index >= 15 is 0 Å². The van der Waals surface area contributed by atoms with Gasteiger partial charge in [-0.2, -0.15) is 9.97 Å². The van der Waals surface area contributed by atoms with E-state index in [1.165, 1.54) is 25.6 Å². The molecular formula is C28H33ClN5O9P. The molecule has 7 rings (SSSR count). The van der Waals surface area contributed by atoms with E-state index < -0.39 is 44.1 Å². The SMILES string of the molecule is C[C@@]12OC(=O)O[C@@H]1[C@@H](CO[P@@]1(=O)OCC[C@@H](c3cccc(Cl)c3)O1)O[C@H]2n1cnc2c(OCC3CCCCC3)nc(N)nc21. The maximum Gasteiger partial charge on any atom is 0.509 e. The molecule has 1 saturated carbocycles. The summed E-state index contributed by atoms with van der Waals surface area (Å²) in [5, 5.41) is 0.531. The first-order chi connectivity index (χ1) is 21.2. The minimum atomic E-state index is -4.01. The zero-order valence-electron chi connectivity index (χ0n) is 24.0. The molecule has 0 radical (unpaired) electrons. The number of nitrogen functional groups attached to an aromatic ring is 1. The van der Waals surface area contributed by atoms with E-state index in [4.69, 9.17) is 49.9 Å². The van der Waals surface area contributed by atoms with Gasteiger partial charge in [-0.15, -0.1) is 0 Å². The number of imidazole rings is 1. The monoisotopic (exact) mass is 649 g/mol. The first-order valence-corrected chi connectivity index (χ1v) is 16.6. The van der Waals surface area contributed by atoms with Crippen molar-refractivity contribution in [2.75, 3.05) is 25.6 Å². The van der Waals surface area contributed by atoms with Crippen LogP contribution in [0.4, 0.5) is 10.7 Å². The van der Waals surface area contributed by atoms with Crippen molar-refractivity contribution in [2.45, 2.75) is 75.6 Å². The number of benzene rings is 1. The topological polar surface area (TPSA) is 168 Å². The molecule has 3 aliphatic heterocycles. The first-order valence-electron chi connectivity index (χ1n) is 14.7. The quantitative estimate of drug-likeness (QED) is 0.239. The highest BCUT2D eigenvalue weighted by Gasteiger charge is 2.64. The van der Waals surface area contributed by atoms with E-state index in [0.717, 1.165) is 18.4 Å². The Morgan fingerprint density at radius 3 is 2.84 bits per heavy atom. The summed E-state index contributed by atoms with van der Waals surface area (Å²) in [6.07, 6.45) is 3.60. The number of ether oxygens (including phenoxy) is 4. The summed E-state index contributed by atoms with van der Waals surface area (Å²) in [5.74, 6) is 0.710. The molecule has 0 bridgehead atoms. The molecule has 44 heavy (non-hydrogen) atoms. The number of carbonyl (C=O) groups excluding carboxylic acids is 1. The zero-order valence-corrected chi connectivity index (χ0v) is 25.7. The molecule has 2 aromatic heterocycles. The lowest BCUT2D eigenvalue weighted by Gasteiger charge is -2.30. The first kappa shape index (κ1) is 29.7. The number of phosphoric ester groups is 1. The van der Waals surface area contributed by atoms with Gasteiger partial charge in [-0.1, -0.05) is 43.0 Å². The maximum atomic E-state index is 13.5. The summed E-state index contributed by atoms with van der Waals surface area (Å²) in [6, 6.07) is 7.10. The summed E-state index contributed by atoms with van der Waals surface area (Å²) in [7, 11) is -4.01. The Hall–Kier alpha value is -3.00. The molecule has 0 unspecified atom stereocenters. The van der Waals surface area contributed by atoms with Gasteiger partial charge >= 0.3 is 14.0 Å². The summed E-state index contributed by atoms with van der Waals surface area (Å²) < 4.78 is 55.6. The Bertz CT molecular complexity index is 1600. The number of phosphoric acid groups is 1. The van der Waals surface area contributed by atoms with Crippen LogP contribution in [-0.4, -0.2) is 63.3 Å². The molecule has 2 N–H and O–H groups in total. The minimum absolute atomic E-state index is 0.00362. The van der Waals surface area contributed by atoms with E-state index in [-0.39, 0.29) is 25.0 Å². The normalized spacial score (nSPS) is 32.4. The number of hydrogen-bond acceptors (Lipinski definition) is 13. The third-order valence-electron chi connectivity index (χ3n) is 8.57. The fourth-order valence-electron chi connectivity index (χ4n) is 6.37. The Morgan fingerprint density at radius 2 is 2.02 bits per heavy atom. The lowest BCUT2D eigenvalue weighted by Crippen LogP contribution is -2.42. The summed E-state index contributed by atoms with van der Waals surface area (Å²) in [6.45, 7) is 2.04. The van der Waals surface area contributed by atoms with Gasteiger partial charge < -0.3 is 24.7 Å². The van der Waals surface area contributed by atoms with Crippen molar-refractivity contribution in [1.29, 1.82) is 0 Å². The smallest absolute Gasteiger partial charge is 0.476 e. The predicted octanol–water partition coefficient (Wildman–Crippen LogP) is 5.52. The molecule has 0 spiro atoms. The Labute approximate surface area is 258 Å². The van der Waals surface area contributed by atoms with Crippen molar-refractivity contribution in [3.8, 4) is 5.88 Å². The van der Waals surface area contributed by atoms with Crippen molar-refractivity contribution in [3.05, 3.63) is 41.2 Å². The number of nitrogens with zero attached hydrogens (tertiary/aromatic N) is 4. The van der Waals surface area contributed by atoms with Crippen LogP contribution < -0.4 is 10.5 Å². The Balaban J connectivity index is 1.10. The van der Waals surface area contributed by atoms with Crippen molar-refractivity contribution >= 4 is 42.7 Å². The molecule has 1 aliphatic carbocycles. The number of carbonyl (C=O) groups is 1. The van der Waals surface area contributed by atoms with Crippen LogP contribution in [-0.2, 0) is 32.3 Å². The van der Waals surface area contributed by atoms with Gasteiger partial charge in [-0.3, -0.25) is 18.1 Å². The third-order valence-corrected chi connectivity index (χ3v) is 10.3. The van der Waals surface area contributed by atoms with E-state index in [1.807, 2.05) is 6.07 Å².